The van der Waals surface area contributed by atoms with Crippen LogP contribution in [0.1, 0.15) is 5.56 Å². The van der Waals surface area contributed by atoms with E-state index < -0.39 is 10.1 Å². The number of hydrogen-bond acceptors (Lipinski definition) is 4. The highest BCUT2D eigenvalue weighted by Crippen LogP contribution is 2.28. The van der Waals surface area contributed by atoms with Crippen molar-refractivity contribution in [3.8, 4) is 0 Å². The van der Waals surface area contributed by atoms with Crippen molar-refractivity contribution in [3.63, 3.8) is 0 Å². The maximum Gasteiger partial charge on any atom is 0.294 e. The highest BCUT2D eigenvalue weighted by molar-refractivity contribution is 7.85. The number of nitrogens with one attached hydrogen (secondary N) is 1. The molecule has 2 N–H and O–H groups in total. The molecule has 8 heteroatoms. The Bertz CT molecular complexity index is 1780. The number of rotatable bonds is 1. The van der Waals surface area contributed by atoms with E-state index in [1.165, 1.54) is 19.1 Å². The molecule has 2 aromatic heterocycles. The molecular weight excluding hydrogens is 404 g/mol. The van der Waals surface area contributed by atoms with Crippen LogP contribution in [-0.2, 0) is 17.2 Å². The molecule has 0 radical (unpaired) electrons. The summed E-state index contributed by atoms with van der Waals surface area (Å²) < 4.78 is 34.7. The lowest BCUT2D eigenvalue weighted by Gasteiger charge is -2.15. The lowest BCUT2D eigenvalue weighted by Crippen LogP contribution is -2.13. The SMILES string of the molecule is Cc1c(S(=O)(=O)O)ccc2c(=O)c3cc4[nH]c5ccccc5c(=O)c4cc3n(C)c12. The van der Waals surface area contributed by atoms with Crippen LogP contribution in [0.25, 0.3) is 43.6 Å². The fourth-order valence-electron chi connectivity index (χ4n) is 4.26. The third-order valence-corrected chi connectivity index (χ3v) is 6.66. The van der Waals surface area contributed by atoms with Crippen LogP contribution in [0.2, 0.25) is 0 Å². The minimum atomic E-state index is -4.44. The van der Waals surface area contributed by atoms with E-state index in [1.807, 2.05) is 6.07 Å². The van der Waals surface area contributed by atoms with E-state index in [0.717, 1.165) is 0 Å². The first-order valence-electron chi connectivity index (χ1n) is 9.17. The summed E-state index contributed by atoms with van der Waals surface area (Å²) in [4.78, 5) is 29.2. The number of H-pyrrole nitrogens is 1. The molecule has 0 spiro atoms. The van der Waals surface area contributed by atoms with Crippen LogP contribution in [-0.4, -0.2) is 22.5 Å². The van der Waals surface area contributed by atoms with Gasteiger partial charge < -0.3 is 9.55 Å². The van der Waals surface area contributed by atoms with Gasteiger partial charge in [0.1, 0.15) is 0 Å². The number of benzene rings is 3. The van der Waals surface area contributed by atoms with Crippen molar-refractivity contribution in [2.45, 2.75) is 11.8 Å². The first-order chi connectivity index (χ1) is 14.2. The molecule has 0 saturated carbocycles. The molecule has 30 heavy (non-hydrogen) atoms. The number of aromatic amines is 1. The summed E-state index contributed by atoms with van der Waals surface area (Å²) in [6, 6.07) is 13.1. The Labute approximate surface area is 169 Å². The zero-order chi connectivity index (χ0) is 21.4. The third-order valence-electron chi connectivity index (χ3n) is 5.67. The van der Waals surface area contributed by atoms with Crippen LogP contribution in [0.3, 0.4) is 0 Å². The van der Waals surface area contributed by atoms with E-state index >= 15 is 0 Å². The summed E-state index contributed by atoms with van der Waals surface area (Å²) in [5, 5.41) is 1.71. The number of aromatic nitrogens is 2. The average molecular weight is 420 g/mol. The van der Waals surface area contributed by atoms with Crippen molar-refractivity contribution in [2.24, 2.45) is 7.05 Å². The molecular formula is C22H16N2O5S. The highest BCUT2D eigenvalue weighted by Gasteiger charge is 2.19. The number of para-hydroxylation sites is 1. The molecule has 2 heterocycles. The van der Waals surface area contributed by atoms with Gasteiger partial charge in [-0.1, -0.05) is 12.1 Å². The Morgan fingerprint density at radius 3 is 2.30 bits per heavy atom. The Hall–Kier alpha value is -3.49. The fourth-order valence-corrected chi connectivity index (χ4v) is 4.98. The Balaban J connectivity index is 2.03. The number of fused-ring (bicyclic) bond motifs is 4. The quantitative estimate of drug-likeness (QED) is 0.320. The monoisotopic (exact) mass is 420 g/mol. The van der Waals surface area contributed by atoms with Crippen molar-refractivity contribution in [1.29, 1.82) is 0 Å². The van der Waals surface area contributed by atoms with Gasteiger partial charge in [0.05, 0.1) is 21.4 Å². The van der Waals surface area contributed by atoms with Crippen LogP contribution in [0.4, 0.5) is 0 Å². The van der Waals surface area contributed by atoms with Crippen LogP contribution < -0.4 is 10.9 Å². The average Bonchev–Trinajstić information content (AvgIpc) is 2.70. The molecule has 3 aromatic carbocycles. The zero-order valence-electron chi connectivity index (χ0n) is 16.1. The molecule has 150 valence electrons. The zero-order valence-corrected chi connectivity index (χ0v) is 16.9. The summed E-state index contributed by atoms with van der Waals surface area (Å²) in [7, 11) is -2.74. The maximum absolute atomic E-state index is 13.2. The molecule has 0 bridgehead atoms. The van der Waals surface area contributed by atoms with Gasteiger partial charge in [0.25, 0.3) is 10.1 Å². The van der Waals surface area contributed by atoms with Gasteiger partial charge in [-0.2, -0.15) is 8.42 Å². The molecule has 0 saturated heterocycles. The van der Waals surface area contributed by atoms with Gasteiger partial charge in [-0.25, -0.2) is 0 Å². The molecule has 0 atom stereocenters. The maximum atomic E-state index is 13.2. The van der Waals surface area contributed by atoms with Crippen molar-refractivity contribution >= 4 is 53.7 Å². The van der Waals surface area contributed by atoms with Gasteiger partial charge in [-0.3, -0.25) is 14.1 Å². The number of pyridine rings is 2. The third kappa shape index (κ3) is 2.44. The number of aryl methyl sites for hydroxylation is 2. The minimum absolute atomic E-state index is 0.155. The molecule has 7 nitrogen and oxygen atoms in total. The summed E-state index contributed by atoms with van der Waals surface area (Å²) in [6.07, 6.45) is 0. The summed E-state index contributed by atoms with van der Waals surface area (Å²) in [5.41, 5.74) is 1.95. The normalized spacial score (nSPS) is 12.4. The second-order valence-electron chi connectivity index (χ2n) is 7.36. The molecule has 0 unspecified atom stereocenters. The van der Waals surface area contributed by atoms with Gasteiger partial charge in [-0.05, 0) is 48.9 Å². The summed E-state index contributed by atoms with van der Waals surface area (Å²) in [6.45, 7) is 1.54. The van der Waals surface area contributed by atoms with Crippen LogP contribution in [0, 0.1) is 6.92 Å². The lowest BCUT2D eigenvalue weighted by atomic mass is 10.0. The standard InChI is InChI=1S/C22H16N2O5S/c1-11-19(30(27,28)29)8-7-13-20(11)24(2)18-10-14-17(9-15(18)22(13)26)23-16-6-4-3-5-12(16)21(14)25/h3-10H,1-2H3,(H,23,25)(H,27,28,29). The second kappa shape index (κ2) is 6.01. The Morgan fingerprint density at radius 2 is 1.57 bits per heavy atom. The smallest absolute Gasteiger partial charge is 0.294 e. The molecule has 0 amide bonds. The Kier molecular flexibility index (Phi) is 3.71. The minimum Gasteiger partial charge on any atom is -0.354 e. The largest absolute Gasteiger partial charge is 0.354 e. The molecule has 5 rings (SSSR count). The van der Waals surface area contributed by atoms with E-state index in [9.17, 15) is 22.6 Å². The predicted molar refractivity (Wildman–Crippen MR) is 117 cm³/mol. The van der Waals surface area contributed by atoms with Crippen LogP contribution >= 0.6 is 0 Å². The topological polar surface area (TPSA) is 109 Å². The highest BCUT2D eigenvalue weighted by atomic mass is 32.2. The van der Waals surface area contributed by atoms with Gasteiger partial charge in [0.2, 0.25) is 0 Å². The van der Waals surface area contributed by atoms with Gasteiger partial charge in [0.15, 0.2) is 10.9 Å². The van der Waals surface area contributed by atoms with E-state index in [4.69, 9.17) is 0 Å². The fraction of sp³-hybridized carbons (Fsp3) is 0.0909. The van der Waals surface area contributed by atoms with Crippen LogP contribution in [0.15, 0.2) is 63.0 Å². The first-order valence-corrected chi connectivity index (χ1v) is 10.6. The Morgan fingerprint density at radius 1 is 0.867 bits per heavy atom. The van der Waals surface area contributed by atoms with Crippen molar-refractivity contribution in [3.05, 3.63) is 74.5 Å². The number of nitrogens with zero attached hydrogens (tertiary/aromatic N) is 1. The molecule has 0 aliphatic rings. The van der Waals surface area contributed by atoms with Gasteiger partial charge in [-0.15, -0.1) is 0 Å². The summed E-state index contributed by atoms with van der Waals surface area (Å²) >= 11 is 0. The second-order valence-corrected chi connectivity index (χ2v) is 8.75. The van der Waals surface area contributed by atoms with Crippen molar-refractivity contribution < 1.29 is 13.0 Å². The van der Waals surface area contributed by atoms with E-state index in [-0.39, 0.29) is 21.3 Å². The first kappa shape index (κ1) is 18.5. The van der Waals surface area contributed by atoms with Crippen molar-refractivity contribution in [1.82, 2.24) is 9.55 Å². The summed E-state index contributed by atoms with van der Waals surface area (Å²) in [5.74, 6) is 0. The lowest BCUT2D eigenvalue weighted by molar-refractivity contribution is 0.482. The van der Waals surface area contributed by atoms with Crippen molar-refractivity contribution in [2.75, 3.05) is 0 Å². The molecule has 0 aliphatic carbocycles. The molecule has 0 aliphatic heterocycles. The molecule has 0 fully saturated rings. The van der Waals surface area contributed by atoms with E-state index in [1.54, 1.807) is 41.9 Å². The van der Waals surface area contributed by atoms with E-state index in [2.05, 4.69) is 4.98 Å². The predicted octanol–water partition coefficient (Wildman–Crippen LogP) is 3.24. The van der Waals surface area contributed by atoms with Gasteiger partial charge in [0, 0.05) is 34.1 Å². The van der Waals surface area contributed by atoms with Gasteiger partial charge >= 0.3 is 0 Å². The molecule has 5 aromatic rings. The van der Waals surface area contributed by atoms with Crippen LogP contribution in [0.5, 0.6) is 0 Å². The van der Waals surface area contributed by atoms with E-state index in [0.29, 0.717) is 43.6 Å². The number of hydrogen-bond donors (Lipinski definition) is 2.